The molecule has 0 saturated carbocycles. The summed E-state index contributed by atoms with van der Waals surface area (Å²) in [6.07, 6.45) is 3.08. The topological polar surface area (TPSA) is 52.7 Å². The number of halogens is 1. The molecule has 0 aliphatic carbocycles. The molecule has 1 aromatic rings. The van der Waals surface area contributed by atoms with Crippen LogP contribution in [0.4, 0.5) is 0 Å². The van der Waals surface area contributed by atoms with Crippen molar-refractivity contribution >= 4 is 47.3 Å². The lowest BCUT2D eigenvalue weighted by molar-refractivity contribution is -0.140. The van der Waals surface area contributed by atoms with Crippen molar-refractivity contribution in [2.45, 2.75) is 30.6 Å². The Morgan fingerprint density at radius 3 is 3.04 bits per heavy atom. The second-order valence-corrected chi connectivity index (χ2v) is 8.86. The molecule has 2 fully saturated rings. The monoisotopic (exact) mass is 401 g/mol. The smallest absolute Gasteiger partial charge is 0.240 e. The van der Waals surface area contributed by atoms with Crippen LogP contribution in [0.2, 0.25) is 0 Å². The third kappa shape index (κ3) is 3.84. The second kappa shape index (κ2) is 8.29. The normalized spacial score (nSPS) is 26.8. The molecule has 1 aromatic heterocycles. The Balaban J connectivity index is 0.00000182. The van der Waals surface area contributed by atoms with Gasteiger partial charge in [-0.3, -0.25) is 9.59 Å². The number of likely N-dealkylation sites (tertiary alicyclic amines) is 1. The highest BCUT2D eigenvalue weighted by Gasteiger charge is 2.36. The van der Waals surface area contributed by atoms with E-state index in [0.29, 0.717) is 13.1 Å². The van der Waals surface area contributed by atoms with Crippen molar-refractivity contribution in [3.8, 4) is 0 Å². The van der Waals surface area contributed by atoms with Crippen LogP contribution in [0.25, 0.3) is 0 Å². The standard InChI is InChI=1S/C17H23N3O2S2.ClH/c21-15-10-18-5-7-20(15)12-2-1-6-19(11-12)17(22)16-13-3-8-23-14(13)4-9-24-16;/h3,8,12,16,18H,1-2,4-7,9-11H2;1H. The Labute approximate surface area is 162 Å². The Bertz CT molecular complexity index is 639. The lowest BCUT2D eigenvalue weighted by Crippen LogP contribution is -2.57. The number of thiophene rings is 1. The van der Waals surface area contributed by atoms with Crippen LogP contribution in [0.15, 0.2) is 11.4 Å². The van der Waals surface area contributed by atoms with Gasteiger partial charge in [0.15, 0.2) is 0 Å². The molecule has 3 aliphatic heterocycles. The number of aryl methyl sites for hydroxylation is 1. The number of nitrogens with one attached hydrogen (secondary N) is 1. The maximum atomic E-state index is 13.1. The minimum atomic E-state index is -0.0440. The molecule has 0 aromatic carbocycles. The average Bonchev–Trinajstić information content (AvgIpc) is 3.10. The van der Waals surface area contributed by atoms with Crippen molar-refractivity contribution in [1.82, 2.24) is 15.1 Å². The van der Waals surface area contributed by atoms with Crippen molar-refractivity contribution < 1.29 is 9.59 Å². The predicted molar refractivity (Wildman–Crippen MR) is 105 cm³/mol. The number of amides is 2. The van der Waals surface area contributed by atoms with Gasteiger partial charge in [0.05, 0.1) is 6.54 Å². The van der Waals surface area contributed by atoms with Crippen LogP contribution in [0.1, 0.15) is 28.5 Å². The second-order valence-electron chi connectivity index (χ2n) is 6.64. The third-order valence-corrected chi connectivity index (χ3v) is 7.40. The summed E-state index contributed by atoms with van der Waals surface area (Å²) in [6.45, 7) is 3.57. The van der Waals surface area contributed by atoms with E-state index in [2.05, 4.69) is 16.8 Å². The fraction of sp³-hybridized carbons (Fsp3) is 0.647. The summed E-state index contributed by atoms with van der Waals surface area (Å²) in [5, 5.41) is 5.19. The molecule has 2 unspecified atom stereocenters. The molecule has 2 atom stereocenters. The summed E-state index contributed by atoms with van der Waals surface area (Å²) in [4.78, 5) is 30.6. The number of piperidine rings is 1. The van der Waals surface area contributed by atoms with E-state index < -0.39 is 0 Å². The van der Waals surface area contributed by atoms with E-state index in [-0.39, 0.29) is 35.5 Å². The maximum absolute atomic E-state index is 13.1. The molecule has 4 heterocycles. The van der Waals surface area contributed by atoms with Crippen LogP contribution in [0.5, 0.6) is 0 Å². The summed E-state index contributed by atoms with van der Waals surface area (Å²) in [6, 6.07) is 2.31. The van der Waals surface area contributed by atoms with E-state index >= 15 is 0 Å². The molecule has 0 radical (unpaired) electrons. The SMILES string of the molecule is Cl.O=C(C1SCCc2sccc21)N1CCCC(N2CCNCC2=O)C1. The van der Waals surface area contributed by atoms with Gasteiger partial charge in [0.25, 0.3) is 0 Å². The number of carbonyl (C=O) groups excluding carboxylic acids is 2. The summed E-state index contributed by atoms with van der Waals surface area (Å²) in [5.74, 6) is 1.44. The molecule has 25 heavy (non-hydrogen) atoms. The minimum absolute atomic E-state index is 0. The van der Waals surface area contributed by atoms with E-state index in [1.54, 1.807) is 23.1 Å². The summed E-state index contributed by atoms with van der Waals surface area (Å²) in [7, 11) is 0. The first kappa shape index (κ1) is 19.0. The third-order valence-electron chi connectivity index (χ3n) is 5.18. The summed E-state index contributed by atoms with van der Waals surface area (Å²) in [5.41, 5.74) is 1.22. The van der Waals surface area contributed by atoms with E-state index in [0.717, 1.165) is 44.6 Å². The fourth-order valence-corrected chi connectivity index (χ4v) is 6.31. The van der Waals surface area contributed by atoms with E-state index in [4.69, 9.17) is 0 Å². The van der Waals surface area contributed by atoms with Crippen LogP contribution in [-0.2, 0) is 16.0 Å². The number of hydrogen-bond acceptors (Lipinski definition) is 5. The molecule has 5 nitrogen and oxygen atoms in total. The zero-order chi connectivity index (χ0) is 16.5. The molecule has 2 saturated heterocycles. The largest absolute Gasteiger partial charge is 0.339 e. The van der Waals surface area contributed by atoms with Gasteiger partial charge in [-0.1, -0.05) is 0 Å². The molecule has 138 valence electrons. The highest BCUT2D eigenvalue weighted by Crippen LogP contribution is 2.40. The van der Waals surface area contributed by atoms with E-state index in [1.807, 2.05) is 9.80 Å². The van der Waals surface area contributed by atoms with Crippen molar-refractivity contribution in [2.75, 3.05) is 38.5 Å². The van der Waals surface area contributed by atoms with Crippen molar-refractivity contribution in [1.29, 1.82) is 0 Å². The van der Waals surface area contributed by atoms with Gasteiger partial charge in [0, 0.05) is 37.1 Å². The molecular formula is C17H24ClN3O2S2. The average molecular weight is 402 g/mol. The number of piperazine rings is 1. The molecular weight excluding hydrogens is 378 g/mol. The Kier molecular flexibility index (Phi) is 6.30. The highest BCUT2D eigenvalue weighted by atomic mass is 35.5. The van der Waals surface area contributed by atoms with Gasteiger partial charge < -0.3 is 15.1 Å². The molecule has 2 amide bonds. The lowest BCUT2D eigenvalue weighted by Gasteiger charge is -2.42. The van der Waals surface area contributed by atoms with Crippen LogP contribution < -0.4 is 5.32 Å². The molecule has 4 rings (SSSR count). The Hall–Kier alpha value is -0.760. The van der Waals surface area contributed by atoms with Crippen LogP contribution in [0, 0.1) is 0 Å². The number of rotatable bonds is 2. The van der Waals surface area contributed by atoms with Crippen LogP contribution in [0.3, 0.4) is 0 Å². The van der Waals surface area contributed by atoms with Gasteiger partial charge in [-0.2, -0.15) is 0 Å². The van der Waals surface area contributed by atoms with Gasteiger partial charge in [-0.15, -0.1) is 35.5 Å². The van der Waals surface area contributed by atoms with Gasteiger partial charge >= 0.3 is 0 Å². The zero-order valence-corrected chi connectivity index (χ0v) is 16.6. The van der Waals surface area contributed by atoms with Gasteiger partial charge in [0.1, 0.15) is 5.25 Å². The molecule has 0 bridgehead atoms. The number of nitrogens with zero attached hydrogens (tertiary/aromatic N) is 2. The van der Waals surface area contributed by atoms with Crippen molar-refractivity contribution in [2.24, 2.45) is 0 Å². The zero-order valence-electron chi connectivity index (χ0n) is 14.1. The highest BCUT2D eigenvalue weighted by molar-refractivity contribution is 8.00. The predicted octanol–water partition coefficient (Wildman–Crippen LogP) is 1.92. The molecule has 0 spiro atoms. The van der Waals surface area contributed by atoms with Gasteiger partial charge in [0.2, 0.25) is 11.8 Å². The molecule has 1 N–H and O–H groups in total. The minimum Gasteiger partial charge on any atom is -0.339 e. The summed E-state index contributed by atoms with van der Waals surface area (Å²) < 4.78 is 0. The van der Waals surface area contributed by atoms with Gasteiger partial charge in [-0.05, 0) is 42.0 Å². The quantitative estimate of drug-likeness (QED) is 0.822. The molecule has 3 aliphatic rings. The first-order valence-electron chi connectivity index (χ1n) is 8.71. The first-order valence-corrected chi connectivity index (χ1v) is 10.6. The first-order chi connectivity index (χ1) is 11.7. The van der Waals surface area contributed by atoms with Crippen molar-refractivity contribution in [3.05, 3.63) is 21.9 Å². The summed E-state index contributed by atoms with van der Waals surface area (Å²) >= 11 is 3.55. The van der Waals surface area contributed by atoms with Crippen LogP contribution in [-0.4, -0.2) is 66.1 Å². The van der Waals surface area contributed by atoms with E-state index in [9.17, 15) is 9.59 Å². The lowest BCUT2D eigenvalue weighted by atomic mass is 10.0. The van der Waals surface area contributed by atoms with Crippen LogP contribution >= 0.6 is 35.5 Å². The Morgan fingerprint density at radius 1 is 1.32 bits per heavy atom. The van der Waals surface area contributed by atoms with E-state index in [1.165, 1.54) is 10.4 Å². The maximum Gasteiger partial charge on any atom is 0.240 e. The number of carbonyl (C=O) groups is 2. The van der Waals surface area contributed by atoms with Crippen molar-refractivity contribution in [3.63, 3.8) is 0 Å². The van der Waals surface area contributed by atoms with Gasteiger partial charge in [-0.25, -0.2) is 0 Å². The number of fused-ring (bicyclic) bond motifs is 1. The fourth-order valence-electron chi connectivity index (χ4n) is 3.93. The Morgan fingerprint density at radius 2 is 2.20 bits per heavy atom. The number of hydrogen-bond donors (Lipinski definition) is 1. The number of thioether (sulfide) groups is 1. The molecule has 8 heteroatoms.